The van der Waals surface area contributed by atoms with Gasteiger partial charge >= 0.3 is 0 Å². The lowest BCUT2D eigenvalue weighted by atomic mass is 10.0. The molecule has 0 saturated heterocycles. The van der Waals surface area contributed by atoms with E-state index in [1.54, 1.807) is 0 Å². The molecule has 0 radical (unpaired) electrons. The molecule has 0 saturated carbocycles. The van der Waals surface area contributed by atoms with Crippen LogP contribution in [0.2, 0.25) is 0 Å². The molecule has 2 rings (SSSR count). The van der Waals surface area contributed by atoms with E-state index in [-0.39, 0.29) is 0 Å². The van der Waals surface area contributed by atoms with Crippen LogP contribution >= 0.6 is 11.8 Å². The van der Waals surface area contributed by atoms with E-state index in [2.05, 4.69) is 62.4 Å². The maximum Gasteiger partial charge on any atom is 0.00723 e. The standard InChI is InChI=1S/C21H28S/c1-3-4-5-6-7-8-17-22-21-15-13-20(14-16-21)19-11-9-18(2)10-12-19/h9-16H,3-8,17H2,1-2H3. The van der Waals surface area contributed by atoms with E-state index in [1.807, 2.05) is 11.8 Å². The van der Waals surface area contributed by atoms with Crippen molar-refractivity contribution in [2.45, 2.75) is 57.3 Å². The van der Waals surface area contributed by atoms with Crippen LogP contribution in [0.15, 0.2) is 53.4 Å². The summed E-state index contributed by atoms with van der Waals surface area (Å²) in [6, 6.07) is 17.8. The van der Waals surface area contributed by atoms with Crippen LogP contribution in [0.4, 0.5) is 0 Å². The van der Waals surface area contributed by atoms with Gasteiger partial charge in [-0.05, 0) is 42.4 Å². The molecule has 0 aliphatic carbocycles. The lowest BCUT2D eigenvalue weighted by Gasteiger charge is -2.05. The molecule has 2 aromatic carbocycles. The van der Waals surface area contributed by atoms with Crippen molar-refractivity contribution in [2.24, 2.45) is 0 Å². The minimum atomic E-state index is 1.25. The van der Waals surface area contributed by atoms with Crippen LogP contribution in [0.25, 0.3) is 11.1 Å². The second-order valence-corrected chi connectivity index (χ2v) is 7.17. The Morgan fingerprint density at radius 1 is 0.682 bits per heavy atom. The maximum atomic E-state index is 2.27. The molecule has 1 heteroatoms. The Bertz CT molecular complexity index is 525. The molecular weight excluding hydrogens is 284 g/mol. The number of thioether (sulfide) groups is 1. The first kappa shape index (κ1) is 17.1. The molecule has 0 spiro atoms. The second kappa shape index (κ2) is 9.74. The van der Waals surface area contributed by atoms with E-state index in [4.69, 9.17) is 0 Å². The van der Waals surface area contributed by atoms with E-state index in [0.717, 1.165) is 0 Å². The number of benzene rings is 2. The third-order valence-corrected chi connectivity index (χ3v) is 5.10. The molecular formula is C21H28S. The van der Waals surface area contributed by atoms with Gasteiger partial charge in [-0.1, -0.05) is 81.0 Å². The zero-order valence-corrected chi connectivity index (χ0v) is 14.8. The van der Waals surface area contributed by atoms with Gasteiger partial charge in [-0.25, -0.2) is 0 Å². The first-order valence-electron chi connectivity index (χ1n) is 8.59. The molecule has 2 aromatic rings. The molecule has 0 aliphatic rings. The summed E-state index contributed by atoms with van der Waals surface area (Å²) in [6.07, 6.45) is 8.27. The van der Waals surface area contributed by atoms with E-state index in [0.29, 0.717) is 0 Å². The third-order valence-electron chi connectivity index (χ3n) is 4.01. The Labute approximate surface area is 140 Å². The Kier molecular flexibility index (Phi) is 7.59. The van der Waals surface area contributed by atoms with Gasteiger partial charge in [0.05, 0.1) is 0 Å². The van der Waals surface area contributed by atoms with Crippen molar-refractivity contribution < 1.29 is 0 Å². The predicted octanol–water partition coefficient (Wildman–Crippen LogP) is 7.11. The van der Waals surface area contributed by atoms with Gasteiger partial charge < -0.3 is 0 Å². The summed E-state index contributed by atoms with van der Waals surface area (Å²) in [5.41, 5.74) is 3.93. The number of hydrogen-bond donors (Lipinski definition) is 0. The summed E-state index contributed by atoms with van der Waals surface area (Å²) in [5, 5.41) is 0. The quantitative estimate of drug-likeness (QED) is 0.351. The van der Waals surface area contributed by atoms with Gasteiger partial charge in [0.25, 0.3) is 0 Å². The molecule has 0 aliphatic heterocycles. The summed E-state index contributed by atoms with van der Waals surface area (Å²) < 4.78 is 0. The number of unbranched alkanes of at least 4 members (excludes halogenated alkanes) is 5. The van der Waals surface area contributed by atoms with Crippen LogP contribution in [-0.4, -0.2) is 5.75 Å². The lowest BCUT2D eigenvalue weighted by Crippen LogP contribution is -1.83. The van der Waals surface area contributed by atoms with Crippen LogP contribution in [0.1, 0.15) is 51.0 Å². The molecule has 0 N–H and O–H groups in total. The average molecular weight is 313 g/mol. The molecule has 0 fully saturated rings. The van der Waals surface area contributed by atoms with Gasteiger partial charge in [0.2, 0.25) is 0 Å². The molecule has 0 nitrogen and oxygen atoms in total. The minimum absolute atomic E-state index is 1.25. The van der Waals surface area contributed by atoms with Gasteiger partial charge in [0.1, 0.15) is 0 Å². The average Bonchev–Trinajstić information content (AvgIpc) is 2.55. The minimum Gasteiger partial charge on any atom is -0.126 e. The third kappa shape index (κ3) is 5.88. The van der Waals surface area contributed by atoms with Gasteiger partial charge in [-0.15, -0.1) is 11.8 Å². The summed E-state index contributed by atoms with van der Waals surface area (Å²) in [6.45, 7) is 4.40. The Morgan fingerprint density at radius 3 is 1.86 bits per heavy atom. The highest BCUT2D eigenvalue weighted by Gasteiger charge is 1.99. The van der Waals surface area contributed by atoms with Crippen molar-refractivity contribution in [1.82, 2.24) is 0 Å². The summed E-state index contributed by atoms with van der Waals surface area (Å²) in [5.74, 6) is 1.25. The first-order valence-corrected chi connectivity index (χ1v) is 9.58. The van der Waals surface area contributed by atoms with Crippen molar-refractivity contribution in [1.29, 1.82) is 0 Å². The predicted molar refractivity (Wildman–Crippen MR) is 101 cm³/mol. The van der Waals surface area contributed by atoms with Crippen LogP contribution < -0.4 is 0 Å². The molecule has 0 amide bonds. The second-order valence-electron chi connectivity index (χ2n) is 6.01. The smallest absolute Gasteiger partial charge is 0.00723 e. The molecule has 0 bridgehead atoms. The van der Waals surface area contributed by atoms with Crippen molar-refractivity contribution in [3.63, 3.8) is 0 Å². The number of aryl methyl sites for hydroxylation is 1. The Hall–Kier alpha value is -1.21. The highest BCUT2D eigenvalue weighted by molar-refractivity contribution is 7.99. The van der Waals surface area contributed by atoms with E-state index in [1.165, 1.54) is 65.9 Å². The van der Waals surface area contributed by atoms with Crippen molar-refractivity contribution >= 4 is 11.8 Å². The van der Waals surface area contributed by atoms with Crippen LogP contribution in [0.3, 0.4) is 0 Å². The molecule has 0 heterocycles. The topological polar surface area (TPSA) is 0 Å². The van der Waals surface area contributed by atoms with Gasteiger partial charge in [-0.3, -0.25) is 0 Å². The zero-order valence-electron chi connectivity index (χ0n) is 14.0. The van der Waals surface area contributed by atoms with Crippen LogP contribution in [0.5, 0.6) is 0 Å². The lowest BCUT2D eigenvalue weighted by molar-refractivity contribution is 0.627. The fourth-order valence-corrected chi connectivity index (χ4v) is 3.47. The number of hydrogen-bond acceptors (Lipinski definition) is 1. The molecule has 0 aromatic heterocycles. The van der Waals surface area contributed by atoms with Crippen molar-refractivity contribution in [2.75, 3.05) is 5.75 Å². The summed E-state index contributed by atoms with van der Waals surface area (Å²) >= 11 is 1.99. The van der Waals surface area contributed by atoms with Crippen molar-refractivity contribution in [3.05, 3.63) is 54.1 Å². The molecule has 0 atom stereocenters. The monoisotopic (exact) mass is 312 g/mol. The largest absolute Gasteiger partial charge is 0.126 e. The first-order chi connectivity index (χ1) is 10.8. The highest BCUT2D eigenvalue weighted by Crippen LogP contribution is 2.25. The summed E-state index contributed by atoms with van der Waals surface area (Å²) in [7, 11) is 0. The van der Waals surface area contributed by atoms with E-state index < -0.39 is 0 Å². The fourth-order valence-electron chi connectivity index (χ4n) is 2.56. The van der Waals surface area contributed by atoms with Crippen molar-refractivity contribution in [3.8, 4) is 11.1 Å². The highest BCUT2D eigenvalue weighted by atomic mass is 32.2. The van der Waals surface area contributed by atoms with Gasteiger partial charge in [-0.2, -0.15) is 0 Å². The van der Waals surface area contributed by atoms with Crippen LogP contribution in [-0.2, 0) is 0 Å². The molecule has 118 valence electrons. The summed E-state index contributed by atoms with van der Waals surface area (Å²) in [4.78, 5) is 1.39. The van der Waals surface area contributed by atoms with E-state index >= 15 is 0 Å². The van der Waals surface area contributed by atoms with Gasteiger partial charge in [0.15, 0.2) is 0 Å². The molecule has 0 unspecified atom stereocenters. The molecule has 22 heavy (non-hydrogen) atoms. The normalized spacial score (nSPS) is 10.8. The van der Waals surface area contributed by atoms with Gasteiger partial charge in [0, 0.05) is 4.90 Å². The van der Waals surface area contributed by atoms with E-state index in [9.17, 15) is 0 Å². The maximum absolute atomic E-state index is 2.27. The Balaban J connectivity index is 1.74. The Morgan fingerprint density at radius 2 is 1.23 bits per heavy atom. The zero-order chi connectivity index (χ0) is 15.6. The van der Waals surface area contributed by atoms with Crippen LogP contribution in [0, 0.1) is 6.92 Å². The fraction of sp³-hybridized carbons (Fsp3) is 0.429. The SMILES string of the molecule is CCCCCCCCSc1ccc(-c2ccc(C)cc2)cc1. The number of rotatable bonds is 9.